The number of carbonyl (C=O) groups excluding carboxylic acids is 1. The molecule has 0 atom stereocenters. The maximum absolute atomic E-state index is 13.2. The molecule has 4 rings (SSSR count). The maximum atomic E-state index is 13.2. The molecule has 7 nitrogen and oxygen atoms in total. The first-order valence-corrected chi connectivity index (χ1v) is 15.4. The Hall–Kier alpha value is -3.24. The SMILES string of the molecule is CN(C)c1cccc2c(S(=O)(=O)NCCC[N+](C)(C)CCCOc3ccc(C(=O)c4ccccc4)cc3)cccc12.[Br-]. The second-order valence-electron chi connectivity index (χ2n) is 11.1. The van der Waals surface area contributed by atoms with Crippen LogP contribution in [-0.2, 0) is 10.0 Å². The van der Waals surface area contributed by atoms with Crippen molar-refractivity contribution in [2.75, 3.05) is 59.3 Å². The van der Waals surface area contributed by atoms with Gasteiger partial charge in [-0.05, 0) is 36.4 Å². The molecule has 0 amide bonds. The lowest BCUT2D eigenvalue weighted by molar-refractivity contribution is -0.890. The fourth-order valence-electron chi connectivity index (χ4n) is 4.93. The minimum Gasteiger partial charge on any atom is -1.00 e. The second-order valence-corrected chi connectivity index (χ2v) is 12.8. The number of anilines is 1. The van der Waals surface area contributed by atoms with Crippen molar-refractivity contribution in [1.29, 1.82) is 0 Å². The Kier molecular flexibility index (Phi) is 11.7. The highest BCUT2D eigenvalue weighted by atomic mass is 79.9. The third-order valence-electron chi connectivity index (χ3n) is 7.19. The smallest absolute Gasteiger partial charge is 0.241 e. The van der Waals surface area contributed by atoms with Crippen molar-refractivity contribution in [1.82, 2.24) is 4.72 Å². The normalized spacial score (nSPS) is 11.6. The van der Waals surface area contributed by atoms with Gasteiger partial charge in [-0.2, -0.15) is 0 Å². The molecule has 0 unspecified atom stereocenters. The molecule has 0 aliphatic carbocycles. The van der Waals surface area contributed by atoms with Crippen molar-refractivity contribution in [2.24, 2.45) is 0 Å². The van der Waals surface area contributed by atoms with Crippen molar-refractivity contribution < 1.29 is 39.4 Å². The molecule has 0 fully saturated rings. The minimum atomic E-state index is -3.64. The number of hydrogen-bond acceptors (Lipinski definition) is 5. The summed E-state index contributed by atoms with van der Waals surface area (Å²) in [6, 6.07) is 27.6. The molecule has 0 aliphatic rings. The van der Waals surface area contributed by atoms with E-state index in [0.717, 1.165) is 52.6 Å². The van der Waals surface area contributed by atoms with E-state index in [4.69, 9.17) is 4.74 Å². The van der Waals surface area contributed by atoms with Crippen LogP contribution in [0.2, 0.25) is 0 Å². The quantitative estimate of drug-likeness (QED) is 0.129. The zero-order valence-corrected chi connectivity index (χ0v) is 27.1. The van der Waals surface area contributed by atoms with Crippen molar-refractivity contribution in [2.45, 2.75) is 17.7 Å². The van der Waals surface area contributed by atoms with Crippen LogP contribution in [0.5, 0.6) is 5.75 Å². The maximum Gasteiger partial charge on any atom is 0.241 e. The summed E-state index contributed by atoms with van der Waals surface area (Å²) in [6.07, 6.45) is 1.57. The summed E-state index contributed by atoms with van der Waals surface area (Å²) in [5, 5.41) is 1.64. The predicted octanol–water partition coefficient (Wildman–Crippen LogP) is 2.35. The number of nitrogens with zero attached hydrogens (tertiary/aromatic N) is 2. The summed E-state index contributed by atoms with van der Waals surface area (Å²) >= 11 is 0. The third kappa shape index (κ3) is 8.64. The predicted molar refractivity (Wildman–Crippen MR) is 166 cm³/mol. The van der Waals surface area contributed by atoms with Crippen LogP contribution in [0, 0.1) is 0 Å². The number of carbonyl (C=O) groups is 1. The van der Waals surface area contributed by atoms with Crippen molar-refractivity contribution in [3.63, 3.8) is 0 Å². The van der Waals surface area contributed by atoms with E-state index < -0.39 is 10.0 Å². The Bertz CT molecular complexity index is 1570. The fraction of sp³-hybridized carbons (Fsp3) is 0.303. The number of rotatable bonds is 14. The zero-order valence-electron chi connectivity index (χ0n) is 24.7. The average molecular weight is 655 g/mol. The molecular weight excluding hydrogens is 614 g/mol. The summed E-state index contributed by atoms with van der Waals surface area (Å²) in [5.74, 6) is 0.731. The third-order valence-corrected chi connectivity index (χ3v) is 8.71. The molecule has 0 spiro atoms. The van der Waals surface area contributed by atoms with Crippen LogP contribution in [0.1, 0.15) is 28.8 Å². The highest BCUT2D eigenvalue weighted by Gasteiger charge is 2.20. The molecule has 1 N–H and O–H groups in total. The van der Waals surface area contributed by atoms with Crippen molar-refractivity contribution in [3.8, 4) is 5.75 Å². The Morgan fingerprint density at radius 2 is 1.40 bits per heavy atom. The van der Waals surface area contributed by atoms with Gasteiger partial charge in [0.25, 0.3) is 0 Å². The minimum absolute atomic E-state index is 0. The van der Waals surface area contributed by atoms with Gasteiger partial charge in [-0.1, -0.05) is 54.6 Å². The Morgan fingerprint density at radius 3 is 2.10 bits per heavy atom. The molecule has 42 heavy (non-hydrogen) atoms. The monoisotopic (exact) mass is 653 g/mol. The summed E-state index contributed by atoms with van der Waals surface area (Å²) < 4.78 is 35.8. The molecule has 0 saturated heterocycles. The van der Waals surface area contributed by atoms with Gasteiger partial charge in [0.1, 0.15) is 5.75 Å². The molecule has 0 bridgehead atoms. The molecule has 0 radical (unpaired) electrons. The highest BCUT2D eigenvalue weighted by molar-refractivity contribution is 7.89. The number of quaternary nitrogens is 1. The van der Waals surface area contributed by atoms with Crippen LogP contribution in [0.15, 0.2) is 95.9 Å². The number of sulfonamides is 1. The van der Waals surface area contributed by atoms with E-state index in [1.165, 1.54) is 0 Å². The lowest BCUT2D eigenvalue weighted by Crippen LogP contribution is -3.00. The van der Waals surface area contributed by atoms with Crippen LogP contribution in [-0.4, -0.2) is 73.1 Å². The number of fused-ring (bicyclic) bond motifs is 1. The van der Waals surface area contributed by atoms with Crippen LogP contribution in [0.4, 0.5) is 5.69 Å². The van der Waals surface area contributed by atoms with E-state index in [1.54, 1.807) is 24.3 Å². The summed E-state index contributed by atoms with van der Waals surface area (Å²) in [5.41, 5.74) is 2.29. The van der Waals surface area contributed by atoms with Crippen LogP contribution in [0.25, 0.3) is 10.8 Å². The summed E-state index contributed by atoms with van der Waals surface area (Å²) in [4.78, 5) is 14.9. The van der Waals surface area contributed by atoms with Gasteiger partial charge in [-0.3, -0.25) is 4.79 Å². The molecule has 0 aliphatic heterocycles. The standard InChI is InChI=1S/C33H40N3O4S.BrH/c1-35(2)31-16-8-15-30-29(31)14-9-17-32(30)41(38,39)34-22-10-23-36(3,4)24-11-25-40-28-20-18-27(19-21-28)33(37)26-12-6-5-7-13-26;/h5-9,12-21,34H,10-11,22-25H2,1-4H3;1H/q+1;/p-1. The van der Waals surface area contributed by atoms with E-state index in [-0.39, 0.29) is 22.8 Å². The summed E-state index contributed by atoms with van der Waals surface area (Å²) in [7, 11) is 4.55. The molecule has 4 aromatic rings. The number of halogens is 1. The van der Waals surface area contributed by atoms with Gasteiger partial charge in [-0.15, -0.1) is 0 Å². The van der Waals surface area contributed by atoms with Gasteiger partial charge >= 0.3 is 0 Å². The molecular formula is C33H40BrN3O4S. The number of nitrogens with one attached hydrogen (secondary N) is 1. The van der Waals surface area contributed by atoms with E-state index in [0.29, 0.717) is 29.2 Å². The number of hydrogen-bond donors (Lipinski definition) is 1. The van der Waals surface area contributed by atoms with E-state index in [2.05, 4.69) is 18.8 Å². The van der Waals surface area contributed by atoms with Gasteiger partial charge in [-0.25, -0.2) is 13.1 Å². The number of ether oxygens (including phenoxy) is 1. The lowest BCUT2D eigenvalue weighted by Gasteiger charge is -2.30. The lowest BCUT2D eigenvalue weighted by atomic mass is 10.0. The van der Waals surface area contributed by atoms with Gasteiger partial charge < -0.3 is 31.1 Å². The van der Waals surface area contributed by atoms with E-state index in [9.17, 15) is 13.2 Å². The average Bonchev–Trinajstić information content (AvgIpc) is 2.97. The van der Waals surface area contributed by atoms with E-state index >= 15 is 0 Å². The molecule has 0 aromatic heterocycles. The Labute approximate surface area is 260 Å². The topological polar surface area (TPSA) is 75.7 Å². The van der Waals surface area contributed by atoms with E-state index in [1.807, 2.05) is 85.7 Å². The number of benzene rings is 4. The highest BCUT2D eigenvalue weighted by Crippen LogP contribution is 2.30. The first-order chi connectivity index (χ1) is 19.6. The van der Waals surface area contributed by atoms with Crippen LogP contribution >= 0.6 is 0 Å². The second kappa shape index (κ2) is 14.8. The van der Waals surface area contributed by atoms with Gasteiger partial charge in [0, 0.05) is 61.1 Å². The molecule has 0 heterocycles. The van der Waals surface area contributed by atoms with Gasteiger partial charge in [0.05, 0.1) is 38.7 Å². The van der Waals surface area contributed by atoms with Crippen LogP contribution < -0.4 is 31.3 Å². The van der Waals surface area contributed by atoms with Crippen LogP contribution in [0.3, 0.4) is 0 Å². The van der Waals surface area contributed by atoms with Gasteiger partial charge in [0.15, 0.2) is 5.78 Å². The molecule has 0 saturated carbocycles. The molecule has 224 valence electrons. The van der Waals surface area contributed by atoms with Crippen molar-refractivity contribution in [3.05, 3.63) is 102 Å². The Morgan fingerprint density at radius 1 is 0.786 bits per heavy atom. The largest absolute Gasteiger partial charge is 1.00 e. The molecule has 9 heteroatoms. The first-order valence-electron chi connectivity index (χ1n) is 13.9. The fourth-order valence-corrected chi connectivity index (χ4v) is 6.23. The summed E-state index contributed by atoms with van der Waals surface area (Å²) in [6.45, 7) is 2.67. The molecule has 4 aromatic carbocycles. The first kappa shape index (κ1) is 33.3. The van der Waals surface area contributed by atoms with Crippen molar-refractivity contribution >= 4 is 32.3 Å². The zero-order chi connectivity index (χ0) is 29.5. The Balaban J connectivity index is 0.00000484. The van der Waals surface area contributed by atoms with Gasteiger partial charge in [0.2, 0.25) is 10.0 Å². The number of ketones is 1.